The van der Waals surface area contributed by atoms with Crippen LogP contribution in [0.15, 0.2) is 51.8 Å². The van der Waals surface area contributed by atoms with Crippen molar-refractivity contribution in [3.63, 3.8) is 0 Å². The van der Waals surface area contributed by atoms with Crippen molar-refractivity contribution in [2.75, 3.05) is 11.4 Å². The van der Waals surface area contributed by atoms with Crippen molar-refractivity contribution in [2.45, 2.75) is 11.1 Å². The minimum Gasteiger partial charge on any atom is -0.269 e. The van der Waals surface area contributed by atoms with Crippen LogP contribution in [0.3, 0.4) is 0 Å². The Labute approximate surface area is 144 Å². The molecule has 0 saturated heterocycles. The smallest absolute Gasteiger partial charge is 0.269 e. The minimum atomic E-state index is -4.67. The second-order valence-electron chi connectivity index (χ2n) is 4.59. The molecule has 0 unspecified atom stereocenters. The van der Waals surface area contributed by atoms with Crippen molar-refractivity contribution in [3.8, 4) is 0 Å². The molecule has 0 saturated carbocycles. The van der Waals surface area contributed by atoms with Gasteiger partial charge in [0.15, 0.2) is 0 Å². The topological polar surface area (TPSA) is 37.4 Å². The molecule has 0 aliphatic heterocycles. The monoisotopic (exact) mass is 427 g/mol. The Kier molecular flexibility index (Phi) is 4.98. The van der Waals surface area contributed by atoms with Gasteiger partial charge in [-0.2, -0.15) is 13.2 Å². The lowest BCUT2D eigenvalue weighted by atomic mass is 10.2. The summed E-state index contributed by atoms with van der Waals surface area (Å²) in [6, 6.07) is 8.72. The van der Waals surface area contributed by atoms with Gasteiger partial charge in [0.2, 0.25) is 0 Å². The maximum atomic E-state index is 12.9. The third kappa shape index (κ3) is 3.81. The van der Waals surface area contributed by atoms with E-state index in [4.69, 9.17) is 11.6 Å². The molecule has 124 valence electrons. The lowest BCUT2D eigenvalue weighted by molar-refractivity contribution is -0.137. The zero-order valence-electron chi connectivity index (χ0n) is 11.6. The van der Waals surface area contributed by atoms with E-state index in [-0.39, 0.29) is 10.6 Å². The van der Waals surface area contributed by atoms with Crippen LogP contribution in [0.5, 0.6) is 0 Å². The molecule has 9 heteroatoms. The van der Waals surface area contributed by atoms with Crippen LogP contribution in [0.4, 0.5) is 18.9 Å². The first-order chi connectivity index (χ1) is 10.5. The standard InChI is InChI=1S/C14H10BrClF3NO2S/c1-20(23(21,22)11-5-2-9(15)3-6-11)10-4-7-13(16)12(8-10)14(17,18)19/h2-8H,1H3. The zero-order valence-corrected chi connectivity index (χ0v) is 14.8. The Morgan fingerprint density at radius 2 is 1.65 bits per heavy atom. The second-order valence-corrected chi connectivity index (χ2v) is 7.88. The van der Waals surface area contributed by atoms with Gasteiger partial charge in [0.25, 0.3) is 10.0 Å². The van der Waals surface area contributed by atoms with E-state index in [2.05, 4.69) is 15.9 Å². The number of alkyl halides is 3. The van der Waals surface area contributed by atoms with Gasteiger partial charge in [-0.25, -0.2) is 8.42 Å². The van der Waals surface area contributed by atoms with E-state index in [9.17, 15) is 21.6 Å². The summed E-state index contributed by atoms with van der Waals surface area (Å²) in [6.07, 6.45) is -4.67. The Balaban J connectivity index is 2.48. The van der Waals surface area contributed by atoms with Gasteiger partial charge in [-0.1, -0.05) is 27.5 Å². The van der Waals surface area contributed by atoms with E-state index in [0.29, 0.717) is 10.5 Å². The summed E-state index contributed by atoms with van der Waals surface area (Å²) >= 11 is 8.73. The molecule has 0 aromatic heterocycles. The van der Waals surface area contributed by atoms with Crippen LogP contribution in [0.2, 0.25) is 5.02 Å². The summed E-state index contributed by atoms with van der Waals surface area (Å²) in [4.78, 5) is -0.0355. The number of sulfonamides is 1. The number of nitrogens with zero attached hydrogens (tertiary/aromatic N) is 1. The first-order valence-corrected chi connectivity index (χ1v) is 8.76. The summed E-state index contributed by atoms with van der Waals surface area (Å²) in [5.74, 6) is 0. The fourth-order valence-corrected chi connectivity index (χ4v) is 3.51. The van der Waals surface area contributed by atoms with Gasteiger partial charge in [-0.05, 0) is 42.5 Å². The van der Waals surface area contributed by atoms with Gasteiger partial charge in [0, 0.05) is 11.5 Å². The summed E-state index contributed by atoms with van der Waals surface area (Å²) in [5, 5.41) is -0.490. The van der Waals surface area contributed by atoms with Crippen molar-refractivity contribution in [1.29, 1.82) is 0 Å². The van der Waals surface area contributed by atoms with Gasteiger partial charge < -0.3 is 0 Å². The van der Waals surface area contributed by atoms with Crippen LogP contribution in [-0.4, -0.2) is 15.5 Å². The first-order valence-electron chi connectivity index (χ1n) is 6.15. The largest absolute Gasteiger partial charge is 0.417 e. The van der Waals surface area contributed by atoms with Crippen LogP contribution < -0.4 is 4.31 Å². The van der Waals surface area contributed by atoms with E-state index in [1.165, 1.54) is 37.4 Å². The van der Waals surface area contributed by atoms with E-state index in [1.807, 2.05) is 0 Å². The molecule has 0 heterocycles. The van der Waals surface area contributed by atoms with Gasteiger partial charge in [-0.3, -0.25) is 4.31 Å². The zero-order chi connectivity index (χ0) is 17.4. The maximum Gasteiger partial charge on any atom is 0.417 e. The first kappa shape index (κ1) is 18.1. The fourth-order valence-electron chi connectivity index (χ4n) is 1.83. The molecule has 2 rings (SSSR count). The fraction of sp³-hybridized carbons (Fsp3) is 0.143. The maximum absolute atomic E-state index is 12.9. The number of rotatable bonds is 3. The molecule has 0 radical (unpaired) electrons. The van der Waals surface area contributed by atoms with Crippen LogP contribution >= 0.6 is 27.5 Å². The molecule has 2 aromatic rings. The minimum absolute atomic E-state index is 0.0355. The van der Waals surface area contributed by atoms with Crippen molar-refractivity contribution in [1.82, 2.24) is 0 Å². The quantitative estimate of drug-likeness (QED) is 0.694. The van der Waals surface area contributed by atoms with E-state index in [1.54, 1.807) is 0 Å². The number of halogens is 5. The molecule has 0 N–H and O–H groups in total. The van der Waals surface area contributed by atoms with Crippen molar-refractivity contribution in [2.24, 2.45) is 0 Å². The molecule has 0 aliphatic carbocycles. The average Bonchev–Trinajstić information content (AvgIpc) is 2.46. The molecular weight excluding hydrogens is 419 g/mol. The molecule has 0 bridgehead atoms. The highest BCUT2D eigenvalue weighted by Gasteiger charge is 2.34. The third-order valence-corrected chi connectivity index (χ3v) is 5.75. The number of anilines is 1. The highest BCUT2D eigenvalue weighted by Crippen LogP contribution is 2.37. The lowest BCUT2D eigenvalue weighted by Crippen LogP contribution is -2.26. The molecule has 0 atom stereocenters. The number of benzene rings is 2. The molecule has 0 spiro atoms. The highest BCUT2D eigenvalue weighted by molar-refractivity contribution is 9.10. The Morgan fingerprint density at radius 3 is 2.17 bits per heavy atom. The Morgan fingerprint density at radius 1 is 1.09 bits per heavy atom. The van der Waals surface area contributed by atoms with Gasteiger partial charge in [0.05, 0.1) is 21.2 Å². The highest BCUT2D eigenvalue weighted by atomic mass is 79.9. The second kappa shape index (κ2) is 6.33. The summed E-state index contributed by atoms with van der Waals surface area (Å²) in [7, 11) is -2.80. The van der Waals surface area contributed by atoms with Crippen LogP contribution in [0.1, 0.15) is 5.56 Å². The molecule has 0 fully saturated rings. The van der Waals surface area contributed by atoms with Gasteiger partial charge in [0.1, 0.15) is 0 Å². The molecule has 3 nitrogen and oxygen atoms in total. The third-order valence-electron chi connectivity index (χ3n) is 3.09. The summed E-state index contributed by atoms with van der Waals surface area (Å²) in [6.45, 7) is 0. The molecule has 23 heavy (non-hydrogen) atoms. The molecule has 0 amide bonds. The predicted molar refractivity (Wildman–Crippen MR) is 86.2 cm³/mol. The normalized spacial score (nSPS) is 12.3. The molecule has 2 aromatic carbocycles. The van der Waals surface area contributed by atoms with E-state index in [0.717, 1.165) is 10.4 Å². The summed E-state index contributed by atoms with van der Waals surface area (Å²) in [5.41, 5.74) is -1.22. The summed E-state index contributed by atoms with van der Waals surface area (Å²) < 4.78 is 65.1. The SMILES string of the molecule is CN(c1ccc(Cl)c(C(F)(F)F)c1)S(=O)(=O)c1ccc(Br)cc1. The lowest BCUT2D eigenvalue weighted by Gasteiger charge is -2.21. The number of hydrogen-bond acceptors (Lipinski definition) is 2. The van der Waals surface area contributed by atoms with Crippen LogP contribution in [0, 0.1) is 0 Å². The van der Waals surface area contributed by atoms with E-state index >= 15 is 0 Å². The molecular formula is C14H10BrClF3NO2S. The van der Waals surface area contributed by atoms with E-state index < -0.39 is 26.8 Å². The van der Waals surface area contributed by atoms with Gasteiger partial charge >= 0.3 is 6.18 Å². The number of hydrogen-bond donors (Lipinski definition) is 0. The average molecular weight is 429 g/mol. The Bertz CT molecular complexity index is 823. The Hall–Kier alpha value is -1.25. The van der Waals surface area contributed by atoms with Gasteiger partial charge in [-0.15, -0.1) is 0 Å². The van der Waals surface area contributed by atoms with Crippen LogP contribution in [-0.2, 0) is 16.2 Å². The van der Waals surface area contributed by atoms with Crippen molar-refractivity contribution < 1.29 is 21.6 Å². The predicted octanol–water partition coefficient (Wildman–Crippen LogP) is 4.95. The van der Waals surface area contributed by atoms with Crippen LogP contribution in [0.25, 0.3) is 0 Å². The van der Waals surface area contributed by atoms with Crippen molar-refractivity contribution in [3.05, 3.63) is 57.5 Å². The molecule has 0 aliphatic rings. The van der Waals surface area contributed by atoms with Crippen molar-refractivity contribution >= 4 is 43.2 Å².